The van der Waals surface area contributed by atoms with Gasteiger partial charge in [0.1, 0.15) is 11.4 Å². The lowest BCUT2D eigenvalue weighted by atomic mass is 10.0. The van der Waals surface area contributed by atoms with Crippen LogP contribution in [-0.4, -0.2) is 51.7 Å². The first-order valence-electron chi connectivity index (χ1n) is 9.14. The van der Waals surface area contributed by atoms with Crippen LogP contribution in [0.25, 0.3) is 0 Å². The van der Waals surface area contributed by atoms with Crippen molar-refractivity contribution in [2.24, 2.45) is 0 Å². The average molecular weight is 408 g/mol. The van der Waals surface area contributed by atoms with E-state index in [4.69, 9.17) is 0 Å². The van der Waals surface area contributed by atoms with Crippen LogP contribution in [0.1, 0.15) is 40.2 Å². The van der Waals surface area contributed by atoms with Crippen molar-refractivity contribution in [3.63, 3.8) is 0 Å². The third-order valence-corrected chi connectivity index (χ3v) is 5.18. The molecule has 2 heterocycles. The Balaban J connectivity index is 0.00000280. The third kappa shape index (κ3) is 4.51. The predicted molar refractivity (Wildman–Crippen MR) is 109 cm³/mol. The molecule has 152 valence electrons. The molecule has 1 unspecified atom stereocenters. The van der Waals surface area contributed by atoms with Crippen LogP contribution in [0, 0.1) is 24.0 Å². The highest BCUT2D eigenvalue weighted by atomic mass is 35.5. The fourth-order valence-electron chi connectivity index (χ4n) is 3.61. The number of nitrogens with zero attached hydrogens (tertiary/aromatic N) is 4. The van der Waals surface area contributed by atoms with Crippen LogP contribution in [0.15, 0.2) is 24.3 Å². The first-order valence-corrected chi connectivity index (χ1v) is 9.14. The number of likely N-dealkylation sites (N-methyl/N-ethyl adjacent to an activating group) is 1. The minimum atomic E-state index is -0.396. The van der Waals surface area contributed by atoms with Gasteiger partial charge in [-0.15, -0.1) is 12.4 Å². The number of hydrogen-bond donors (Lipinski definition) is 1. The summed E-state index contributed by atoms with van der Waals surface area (Å²) in [4.78, 5) is 25.3. The number of aromatic nitrogens is 2. The van der Waals surface area contributed by atoms with Crippen molar-refractivity contribution in [2.45, 2.75) is 39.3 Å². The van der Waals surface area contributed by atoms with Crippen molar-refractivity contribution < 1.29 is 9.72 Å². The Morgan fingerprint density at radius 1 is 1.32 bits per heavy atom. The predicted octanol–water partition coefficient (Wildman–Crippen LogP) is 2.70. The Morgan fingerprint density at radius 2 is 2.00 bits per heavy atom. The van der Waals surface area contributed by atoms with E-state index >= 15 is 0 Å². The van der Waals surface area contributed by atoms with Crippen molar-refractivity contribution in [1.82, 2.24) is 20.0 Å². The molecule has 0 spiro atoms. The van der Waals surface area contributed by atoms with Crippen molar-refractivity contribution in [2.75, 3.05) is 20.1 Å². The van der Waals surface area contributed by atoms with Crippen LogP contribution < -0.4 is 5.32 Å². The van der Waals surface area contributed by atoms with E-state index in [1.807, 2.05) is 36.2 Å². The van der Waals surface area contributed by atoms with E-state index in [0.717, 1.165) is 31.5 Å². The zero-order chi connectivity index (χ0) is 19.6. The summed E-state index contributed by atoms with van der Waals surface area (Å²) < 4.78 is 1.63. The Kier molecular flexibility index (Phi) is 7.15. The van der Waals surface area contributed by atoms with Crippen LogP contribution in [0.4, 0.5) is 5.69 Å². The van der Waals surface area contributed by atoms with Crippen molar-refractivity contribution in [1.29, 1.82) is 0 Å². The summed E-state index contributed by atoms with van der Waals surface area (Å²) in [6.07, 6.45) is 2.10. The van der Waals surface area contributed by atoms with Gasteiger partial charge >= 0.3 is 5.69 Å². The Morgan fingerprint density at radius 3 is 2.57 bits per heavy atom. The highest BCUT2D eigenvalue weighted by molar-refractivity contribution is 5.94. The number of carbonyl (C=O) groups excluding carboxylic acids is 1. The topological polar surface area (TPSA) is 93.3 Å². The molecule has 9 heteroatoms. The molecule has 1 amide bonds. The Labute approximate surface area is 170 Å². The minimum absolute atomic E-state index is 0. The molecule has 1 aliphatic rings. The molecular formula is C19H26ClN5O3. The number of halogens is 1. The van der Waals surface area contributed by atoms with Crippen molar-refractivity contribution in [3.05, 3.63) is 56.9 Å². The van der Waals surface area contributed by atoms with Gasteiger partial charge in [0, 0.05) is 24.7 Å². The first kappa shape index (κ1) is 21.8. The normalized spacial score (nSPS) is 16.5. The number of hydrogen-bond acceptors (Lipinski definition) is 5. The standard InChI is InChI=1S/C19H25N5O3.ClH/c1-13-18(24(26)27)14(2)23(21-13)11-15-6-8-16(9-7-15)19(25)22-10-4-5-17(12-22)20-3;/h6-9,17,20H,4-5,10-12H2,1-3H3;1H. The van der Waals surface area contributed by atoms with Gasteiger partial charge in [-0.25, -0.2) is 0 Å². The maximum Gasteiger partial charge on any atom is 0.312 e. The van der Waals surface area contributed by atoms with Gasteiger partial charge in [0.2, 0.25) is 0 Å². The van der Waals surface area contributed by atoms with Gasteiger partial charge in [0.15, 0.2) is 0 Å². The summed E-state index contributed by atoms with van der Waals surface area (Å²) in [5.74, 6) is 0.0447. The van der Waals surface area contributed by atoms with E-state index < -0.39 is 4.92 Å². The number of benzene rings is 1. The lowest BCUT2D eigenvalue weighted by molar-refractivity contribution is -0.386. The molecule has 0 aliphatic carbocycles. The van der Waals surface area contributed by atoms with Crippen LogP contribution in [-0.2, 0) is 6.54 Å². The zero-order valence-corrected chi connectivity index (χ0v) is 17.2. The van der Waals surface area contributed by atoms with Gasteiger partial charge in [-0.1, -0.05) is 12.1 Å². The molecule has 0 radical (unpaired) electrons. The summed E-state index contributed by atoms with van der Waals surface area (Å²) in [6, 6.07) is 7.76. The fourth-order valence-corrected chi connectivity index (χ4v) is 3.61. The summed E-state index contributed by atoms with van der Waals surface area (Å²) in [7, 11) is 1.93. The number of rotatable bonds is 5. The first-order chi connectivity index (χ1) is 12.9. The minimum Gasteiger partial charge on any atom is -0.337 e. The van der Waals surface area contributed by atoms with E-state index in [-0.39, 0.29) is 24.0 Å². The molecule has 1 N–H and O–H groups in total. The zero-order valence-electron chi connectivity index (χ0n) is 16.3. The lowest BCUT2D eigenvalue weighted by Crippen LogP contribution is -2.46. The number of aryl methyl sites for hydroxylation is 1. The Bertz CT molecular complexity index is 850. The van der Waals surface area contributed by atoms with Gasteiger partial charge in [0.05, 0.1) is 11.5 Å². The number of carbonyl (C=O) groups is 1. The summed E-state index contributed by atoms with van der Waals surface area (Å²) >= 11 is 0. The number of piperidine rings is 1. The van der Waals surface area contributed by atoms with Crippen LogP contribution in [0.3, 0.4) is 0 Å². The molecule has 1 aliphatic heterocycles. The third-order valence-electron chi connectivity index (χ3n) is 5.18. The monoisotopic (exact) mass is 407 g/mol. The number of likely N-dealkylation sites (tertiary alicyclic amines) is 1. The largest absolute Gasteiger partial charge is 0.337 e. The van der Waals surface area contributed by atoms with E-state index in [1.165, 1.54) is 0 Å². The molecule has 1 aromatic heterocycles. The van der Waals surface area contributed by atoms with E-state index in [9.17, 15) is 14.9 Å². The summed E-state index contributed by atoms with van der Waals surface area (Å²) in [5, 5.41) is 18.6. The van der Waals surface area contributed by atoms with Crippen molar-refractivity contribution in [3.8, 4) is 0 Å². The molecular weight excluding hydrogens is 382 g/mol. The maximum absolute atomic E-state index is 12.7. The van der Waals surface area contributed by atoms with Crippen LogP contribution in [0.5, 0.6) is 0 Å². The molecule has 1 aromatic carbocycles. The summed E-state index contributed by atoms with van der Waals surface area (Å²) in [5.41, 5.74) is 2.61. The summed E-state index contributed by atoms with van der Waals surface area (Å²) in [6.45, 7) is 5.28. The Hall–Kier alpha value is -2.45. The van der Waals surface area contributed by atoms with E-state index in [0.29, 0.717) is 29.5 Å². The highest BCUT2D eigenvalue weighted by Crippen LogP contribution is 2.23. The van der Waals surface area contributed by atoms with Crippen LogP contribution >= 0.6 is 12.4 Å². The van der Waals surface area contributed by atoms with Crippen LogP contribution in [0.2, 0.25) is 0 Å². The second-order valence-corrected chi connectivity index (χ2v) is 7.01. The van der Waals surface area contributed by atoms with Gasteiger partial charge in [-0.2, -0.15) is 5.10 Å². The molecule has 0 bridgehead atoms. The molecule has 2 aromatic rings. The van der Waals surface area contributed by atoms with Gasteiger partial charge in [-0.05, 0) is 51.4 Å². The van der Waals surface area contributed by atoms with E-state index in [2.05, 4.69) is 10.4 Å². The maximum atomic E-state index is 12.7. The number of nitrogens with one attached hydrogen (secondary N) is 1. The van der Waals surface area contributed by atoms with Gasteiger partial charge in [-0.3, -0.25) is 19.6 Å². The molecule has 3 rings (SSSR count). The smallest absolute Gasteiger partial charge is 0.312 e. The average Bonchev–Trinajstić information content (AvgIpc) is 2.95. The second-order valence-electron chi connectivity index (χ2n) is 7.01. The second kappa shape index (κ2) is 9.16. The molecule has 8 nitrogen and oxygen atoms in total. The molecule has 0 saturated carbocycles. The molecule has 1 atom stereocenters. The quantitative estimate of drug-likeness (QED) is 0.607. The SMILES string of the molecule is CNC1CCCN(C(=O)c2ccc(Cn3nc(C)c([N+](=O)[O-])c3C)cc2)C1.Cl. The van der Waals surface area contributed by atoms with Crippen molar-refractivity contribution >= 4 is 24.0 Å². The lowest BCUT2D eigenvalue weighted by Gasteiger charge is -2.32. The molecule has 1 saturated heterocycles. The van der Waals surface area contributed by atoms with Gasteiger partial charge in [0.25, 0.3) is 5.91 Å². The highest BCUT2D eigenvalue weighted by Gasteiger charge is 2.24. The van der Waals surface area contributed by atoms with Gasteiger partial charge < -0.3 is 10.2 Å². The molecule has 28 heavy (non-hydrogen) atoms. The fraction of sp³-hybridized carbons (Fsp3) is 0.474. The number of nitro groups is 1. The number of amides is 1. The van der Waals surface area contributed by atoms with E-state index in [1.54, 1.807) is 18.5 Å². The molecule has 1 fully saturated rings.